The van der Waals surface area contributed by atoms with Gasteiger partial charge in [-0.2, -0.15) is 0 Å². The first-order valence-electron chi connectivity index (χ1n) is 8.02. The second kappa shape index (κ2) is 7.04. The van der Waals surface area contributed by atoms with Crippen LogP contribution >= 0.6 is 0 Å². The molecule has 1 aromatic heterocycles. The Morgan fingerprint density at radius 1 is 1.16 bits per heavy atom. The molecule has 0 radical (unpaired) electrons. The molecule has 0 spiro atoms. The molecule has 2 atom stereocenters. The number of likely N-dealkylation sites (tertiary alicyclic amines) is 1. The molecule has 1 aliphatic rings. The molecule has 132 valence electrons. The zero-order chi connectivity index (χ0) is 18.0. The molecule has 1 saturated heterocycles. The molecule has 1 aromatic carbocycles. The molecule has 3 rings (SSSR count). The number of carbonyl (C=O) groups excluding carboxylic acids is 1. The Labute approximate surface area is 143 Å². The third kappa shape index (κ3) is 3.70. The predicted molar refractivity (Wildman–Crippen MR) is 85.9 cm³/mol. The molecule has 0 saturated carbocycles. The number of aromatic nitrogens is 1. The summed E-state index contributed by atoms with van der Waals surface area (Å²) in [6.45, 7) is 0.640. The fraction of sp³-hybridized carbons (Fsp3) is 0.333. The highest BCUT2D eigenvalue weighted by Gasteiger charge is 2.41. The summed E-state index contributed by atoms with van der Waals surface area (Å²) >= 11 is 0. The topological polar surface area (TPSA) is 62.5 Å². The van der Waals surface area contributed by atoms with Gasteiger partial charge in [0.15, 0.2) is 0 Å². The zero-order valence-corrected chi connectivity index (χ0v) is 13.4. The molecule has 0 aliphatic carbocycles. The van der Waals surface area contributed by atoms with Crippen molar-refractivity contribution in [3.8, 4) is 0 Å². The lowest BCUT2D eigenvalue weighted by Crippen LogP contribution is -2.30. The molecule has 1 aliphatic heterocycles. The summed E-state index contributed by atoms with van der Waals surface area (Å²) in [5.74, 6) is -4.35. The third-order valence-electron chi connectivity index (χ3n) is 4.60. The number of carbonyl (C=O) groups is 2. The normalized spacial score (nSPS) is 20.0. The number of benzene rings is 1. The number of aliphatic carboxylic acids is 1. The largest absolute Gasteiger partial charge is 0.481 e. The highest BCUT2D eigenvalue weighted by atomic mass is 19.1. The van der Waals surface area contributed by atoms with Crippen LogP contribution in [-0.2, 0) is 16.1 Å². The Hall–Kier alpha value is -2.70. The van der Waals surface area contributed by atoms with Gasteiger partial charge in [-0.15, -0.1) is 0 Å². The first-order chi connectivity index (χ1) is 12.0. The second-order valence-electron chi connectivity index (χ2n) is 6.19. The maximum atomic E-state index is 14.1. The van der Waals surface area contributed by atoms with Crippen LogP contribution < -0.4 is 0 Å². The van der Waals surface area contributed by atoms with Gasteiger partial charge in [0.1, 0.15) is 11.6 Å². The van der Waals surface area contributed by atoms with Crippen molar-refractivity contribution in [3.05, 3.63) is 59.9 Å². The molecular weight excluding hydrogens is 330 g/mol. The fourth-order valence-corrected chi connectivity index (χ4v) is 3.28. The minimum absolute atomic E-state index is 0.0291. The van der Waals surface area contributed by atoms with Gasteiger partial charge < -0.3 is 14.6 Å². The Morgan fingerprint density at radius 2 is 1.88 bits per heavy atom. The Morgan fingerprint density at radius 3 is 2.52 bits per heavy atom. The number of nitrogens with zero attached hydrogens (tertiary/aromatic N) is 2. The molecule has 0 unspecified atom stereocenters. The molecule has 2 aromatic rings. The van der Waals surface area contributed by atoms with Crippen molar-refractivity contribution in [2.75, 3.05) is 13.1 Å². The van der Waals surface area contributed by atoms with E-state index < -0.39 is 29.4 Å². The second-order valence-corrected chi connectivity index (χ2v) is 6.19. The Bertz CT molecular complexity index is 777. The van der Waals surface area contributed by atoms with E-state index in [1.165, 1.54) is 11.0 Å². The number of aryl methyl sites for hydroxylation is 1. The first kappa shape index (κ1) is 17.1. The van der Waals surface area contributed by atoms with Crippen molar-refractivity contribution in [1.82, 2.24) is 9.47 Å². The van der Waals surface area contributed by atoms with Crippen LogP contribution in [0.15, 0.2) is 42.7 Å². The number of hydrogen-bond donors (Lipinski definition) is 1. The number of amides is 1. The van der Waals surface area contributed by atoms with Gasteiger partial charge >= 0.3 is 5.97 Å². The average Bonchev–Trinajstić information content (AvgIpc) is 3.22. The van der Waals surface area contributed by atoms with Gasteiger partial charge in [0.25, 0.3) is 0 Å². The van der Waals surface area contributed by atoms with E-state index in [-0.39, 0.29) is 31.0 Å². The van der Waals surface area contributed by atoms with Crippen LogP contribution in [0, 0.1) is 17.6 Å². The molecular formula is C18H18F2N2O3. The molecule has 1 fully saturated rings. The van der Waals surface area contributed by atoms with Crippen LogP contribution in [0.3, 0.4) is 0 Å². The van der Waals surface area contributed by atoms with Gasteiger partial charge in [0.2, 0.25) is 5.91 Å². The summed E-state index contributed by atoms with van der Waals surface area (Å²) < 4.78 is 29.0. The zero-order valence-electron chi connectivity index (χ0n) is 13.4. The highest BCUT2D eigenvalue weighted by molar-refractivity contribution is 5.79. The van der Waals surface area contributed by atoms with E-state index in [0.29, 0.717) is 6.54 Å². The van der Waals surface area contributed by atoms with Crippen molar-refractivity contribution < 1.29 is 23.5 Å². The predicted octanol–water partition coefficient (Wildman–Crippen LogP) is 2.48. The lowest BCUT2D eigenvalue weighted by Gasteiger charge is -2.17. The first-order valence-corrected chi connectivity index (χ1v) is 8.02. The number of hydrogen-bond acceptors (Lipinski definition) is 2. The summed E-state index contributed by atoms with van der Waals surface area (Å²) in [5.41, 5.74) is 0.134. The van der Waals surface area contributed by atoms with Gasteiger partial charge in [-0.3, -0.25) is 9.59 Å². The van der Waals surface area contributed by atoms with Crippen LogP contribution in [0.1, 0.15) is 17.9 Å². The SMILES string of the molecule is O=C(O)[C@@H]1CN(C(=O)CCn2cccc2)C[C@H]1c1ccc(F)cc1F. The minimum atomic E-state index is -1.09. The van der Waals surface area contributed by atoms with Gasteiger partial charge in [-0.05, 0) is 23.8 Å². The van der Waals surface area contributed by atoms with Crippen LogP contribution in [0.2, 0.25) is 0 Å². The monoisotopic (exact) mass is 348 g/mol. The highest BCUT2D eigenvalue weighted by Crippen LogP contribution is 2.34. The van der Waals surface area contributed by atoms with E-state index in [4.69, 9.17) is 0 Å². The van der Waals surface area contributed by atoms with E-state index in [0.717, 1.165) is 12.1 Å². The Balaban J connectivity index is 1.73. The maximum Gasteiger partial charge on any atom is 0.308 e. The summed E-state index contributed by atoms with van der Waals surface area (Å²) in [6.07, 6.45) is 3.92. The number of halogens is 2. The number of rotatable bonds is 5. The molecule has 1 amide bonds. The quantitative estimate of drug-likeness (QED) is 0.903. The fourth-order valence-electron chi connectivity index (χ4n) is 3.28. The lowest BCUT2D eigenvalue weighted by molar-refractivity contribution is -0.141. The lowest BCUT2D eigenvalue weighted by atomic mass is 9.88. The molecule has 7 heteroatoms. The van der Waals surface area contributed by atoms with Crippen LogP contribution in [0.4, 0.5) is 8.78 Å². The van der Waals surface area contributed by atoms with E-state index in [2.05, 4.69) is 0 Å². The summed E-state index contributed by atoms with van der Waals surface area (Å²) in [7, 11) is 0. The van der Waals surface area contributed by atoms with Crippen molar-refractivity contribution >= 4 is 11.9 Å². The van der Waals surface area contributed by atoms with Crippen molar-refractivity contribution in [2.45, 2.75) is 18.9 Å². The van der Waals surface area contributed by atoms with E-state index in [1.807, 2.05) is 29.1 Å². The molecule has 25 heavy (non-hydrogen) atoms. The van der Waals surface area contributed by atoms with Crippen LogP contribution in [0.5, 0.6) is 0 Å². The van der Waals surface area contributed by atoms with Gasteiger partial charge in [-0.25, -0.2) is 8.78 Å². The molecule has 2 heterocycles. The van der Waals surface area contributed by atoms with Crippen LogP contribution in [0.25, 0.3) is 0 Å². The molecule has 0 bridgehead atoms. The van der Waals surface area contributed by atoms with Crippen molar-refractivity contribution in [1.29, 1.82) is 0 Å². The number of carboxylic acids is 1. The summed E-state index contributed by atoms with van der Waals surface area (Å²) in [6, 6.07) is 6.82. The Kier molecular flexibility index (Phi) is 4.83. The average molecular weight is 348 g/mol. The molecule has 1 N–H and O–H groups in total. The van der Waals surface area contributed by atoms with Crippen molar-refractivity contribution in [3.63, 3.8) is 0 Å². The summed E-state index contributed by atoms with van der Waals surface area (Å²) in [5, 5.41) is 9.43. The summed E-state index contributed by atoms with van der Waals surface area (Å²) in [4.78, 5) is 25.4. The minimum Gasteiger partial charge on any atom is -0.481 e. The maximum absolute atomic E-state index is 14.1. The van der Waals surface area contributed by atoms with Gasteiger partial charge in [0.05, 0.1) is 5.92 Å². The van der Waals surface area contributed by atoms with E-state index >= 15 is 0 Å². The van der Waals surface area contributed by atoms with Crippen LogP contribution in [-0.4, -0.2) is 39.5 Å². The standard InChI is InChI=1S/C18H18F2N2O3/c19-12-3-4-13(16(20)9-12)14-10-22(11-15(14)18(24)25)17(23)5-8-21-6-1-2-7-21/h1-4,6-7,9,14-15H,5,8,10-11H2,(H,24,25)/t14-,15+/m0/s1. The third-order valence-corrected chi connectivity index (χ3v) is 4.60. The van der Waals surface area contributed by atoms with Gasteiger partial charge in [-0.1, -0.05) is 6.07 Å². The van der Waals surface area contributed by atoms with E-state index in [9.17, 15) is 23.5 Å². The van der Waals surface area contributed by atoms with E-state index in [1.54, 1.807) is 0 Å². The van der Waals surface area contributed by atoms with Gasteiger partial charge in [0, 0.05) is 50.4 Å². The molecule has 5 nitrogen and oxygen atoms in total. The number of carboxylic acid groups (broad SMARTS) is 1. The smallest absolute Gasteiger partial charge is 0.308 e. The van der Waals surface area contributed by atoms with Crippen molar-refractivity contribution in [2.24, 2.45) is 5.92 Å².